The van der Waals surface area contributed by atoms with Crippen molar-refractivity contribution in [1.29, 1.82) is 5.26 Å². The molecular formula is C15H16N2O3. The number of anilines is 1. The van der Waals surface area contributed by atoms with Gasteiger partial charge < -0.3 is 4.74 Å². The molecule has 0 aromatic heterocycles. The minimum Gasteiger partial charge on any atom is -0.477 e. The van der Waals surface area contributed by atoms with Crippen molar-refractivity contribution in [2.45, 2.75) is 26.7 Å². The molecule has 0 unspecified atom stereocenters. The quantitative estimate of drug-likeness (QED) is 0.791. The third kappa shape index (κ3) is 2.80. The summed E-state index contributed by atoms with van der Waals surface area (Å²) in [6, 6.07) is 8.64. The van der Waals surface area contributed by atoms with Gasteiger partial charge in [-0.3, -0.25) is 9.59 Å². The van der Waals surface area contributed by atoms with Gasteiger partial charge in [0.05, 0.1) is 5.69 Å². The molecule has 5 nitrogen and oxygen atoms in total. The minimum atomic E-state index is -0.312. The molecule has 1 saturated heterocycles. The Kier molecular flexibility index (Phi) is 3.75. The third-order valence-electron chi connectivity index (χ3n) is 3.16. The zero-order chi connectivity index (χ0) is 14.8. The SMILES string of the molecule is CC1(C)CC(=O)N(c2ccccc2OCC#N)C(=O)C1. The number of amides is 2. The van der Waals surface area contributed by atoms with E-state index < -0.39 is 0 Å². The highest BCUT2D eigenvalue weighted by atomic mass is 16.5. The van der Waals surface area contributed by atoms with E-state index in [1.54, 1.807) is 24.3 Å². The second-order valence-electron chi connectivity index (χ2n) is 5.56. The van der Waals surface area contributed by atoms with Crippen molar-refractivity contribution >= 4 is 17.5 Å². The topological polar surface area (TPSA) is 70.4 Å². The van der Waals surface area contributed by atoms with Gasteiger partial charge in [0, 0.05) is 12.8 Å². The molecule has 0 N–H and O–H groups in total. The first-order valence-corrected chi connectivity index (χ1v) is 6.39. The molecule has 20 heavy (non-hydrogen) atoms. The van der Waals surface area contributed by atoms with Crippen molar-refractivity contribution in [2.75, 3.05) is 11.5 Å². The molecule has 0 atom stereocenters. The van der Waals surface area contributed by atoms with E-state index in [0.29, 0.717) is 24.3 Å². The summed E-state index contributed by atoms with van der Waals surface area (Å²) in [6.07, 6.45) is 0.622. The number of nitrogens with zero attached hydrogens (tertiary/aromatic N) is 2. The van der Waals surface area contributed by atoms with E-state index in [0.717, 1.165) is 4.90 Å². The molecule has 0 saturated carbocycles. The lowest BCUT2D eigenvalue weighted by Crippen LogP contribution is -2.46. The van der Waals surface area contributed by atoms with Crippen molar-refractivity contribution in [3.8, 4) is 11.8 Å². The van der Waals surface area contributed by atoms with Crippen LogP contribution in [0.1, 0.15) is 26.7 Å². The molecule has 0 spiro atoms. The Bertz CT molecular complexity index is 567. The average Bonchev–Trinajstić information content (AvgIpc) is 2.35. The zero-order valence-electron chi connectivity index (χ0n) is 11.5. The van der Waals surface area contributed by atoms with E-state index in [2.05, 4.69) is 0 Å². The summed E-state index contributed by atoms with van der Waals surface area (Å²) in [7, 11) is 0. The summed E-state index contributed by atoms with van der Waals surface area (Å²) >= 11 is 0. The van der Waals surface area contributed by atoms with Crippen LogP contribution >= 0.6 is 0 Å². The maximum atomic E-state index is 12.2. The van der Waals surface area contributed by atoms with Crippen molar-refractivity contribution in [1.82, 2.24) is 0 Å². The van der Waals surface area contributed by atoms with E-state index in [9.17, 15) is 9.59 Å². The first-order chi connectivity index (χ1) is 9.44. The summed E-state index contributed by atoms with van der Waals surface area (Å²) in [5.41, 5.74) is 0.0980. The number of carbonyl (C=O) groups excluding carboxylic acids is 2. The maximum absolute atomic E-state index is 12.2. The second kappa shape index (κ2) is 5.33. The monoisotopic (exact) mass is 272 g/mol. The highest BCUT2D eigenvalue weighted by Gasteiger charge is 2.39. The van der Waals surface area contributed by atoms with E-state index in [-0.39, 0.29) is 23.8 Å². The van der Waals surface area contributed by atoms with Crippen LogP contribution in [0, 0.1) is 16.7 Å². The number of carbonyl (C=O) groups is 2. The van der Waals surface area contributed by atoms with Crippen LogP contribution in [-0.4, -0.2) is 18.4 Å². The Morgan fingerprint density at radius 1 is 1.25 bits per heavy atom. The standard InChI is InChI=1S/C15H16N2O3/c1-15(2)9-13(18)17(14(19)10-15)11-5-3-4-6-12(11)20-8-7-16/h3-6H,8-10H2,1-2H3. The smallest absolute Gasteiger partial charge is 0.234 e. The fourth-order valence-electron chi connectivity index (χ4n) is 2.32. The van der Waals surface area contributed by atoms with Crippen LogP contribution < -0.4 is 9.64 Å². The van der Waals surface area contributed by atoms with Gasteiger partial charge in [-0.2, -0.15) is 5.26 Å². The largest absolute Gasteiger partial charge is 0.477 e. The Hall–Kier alpha value is -2.35. The highest BCUT2D eigenvalue weighted by Crippen LogP contribution is 2.37. The lowest BCUT2D eigenvalue weighted by atomic mass is 9.81. The van der Waals surface area contributed by atoms with Gasteiger partial charge in [0.2, 0.25) is 11.8 Å². The van der Waals surface area contributed by atoms with Crippen LogP contribution in [0.15, 0.2) is 24.3 Å². The lowest BCUT2D eigenvalue weighted by Gasteiger charge is -2.35. The molecule has 0 radical (unpaired) electrons. The van der Waals surface area contributed by atoms with Crippen molar-refractivity contribution in [3.05, 3.63) is 24.3 Å². The summed E-state index contributed by atoms with van der Waals surface area (Å²) in [5, 5.41) is 8.58. The van der Waals surface area contributed by atoms with Crippen LogP contribution in [0.5, 0.6) is 5.75 Å². The number of nitriles is 1. The number of imide groups is 1. The summed E-state index contributed by atoms with van der Waals surface area (Å²) in [6.45, 7) is 3.68. The van der Waals surface area contributed by atoms with Gasteiger partial charge in [-0.05, 0) is 17.5 Å². The predicted molar refractivity (Wildman–Crippen MR) is 73.1 cm³/mol. The van der Waals surface area contributed by atoms with Crippen LogP contribution in [-0.2, 0) is 9.59 Å². The van der Waals surface area contributed by atoms with Gasteiger partial charge >= 0.3 is 0 Å². The number of hydrogen-bond donors (Lipinski definition) is 0. The molecule has 104 valence electrons. The molecular weight excluding hydrogens is 256 g/mol. The van der Waals surface area contributed by atoms with E-state index in [4.69, 9.17) is 10.00 Å². The first-order valence-electron chi connectivity index (χ1n) is 6.39. The Balaban J connectivity index is 2.34. The van der Waals surface area contributed by atoms with Crippen molar-refractivity contribution in [3.63, 3.8) is 0 Å². The predicted octanol–water partition coefficient (Wildman–Crippen LogP) is 2.27. The lowest BCUT2D eigenvalue weighted by molar-refractivity contribution is -0.132. The highest BCUT2D eigenvalue weighted by molar-refractivity contribution is 6.17. The molecule has 1 heterocycles. The van der Waals surface area contributed by atoms with Crippen molar-refractivity contribution in [2.24, 2.45) is 5.41 Å². The van der Waals surface area contributed by atoms with Gasteiger partial charge in [0.15, 0.2) is 6.61 Å². The van der Waals surface area contributed by atoms with Crippen molar-refractivity contribution < 1.29 is 14.3 Å². The van der Waals surface area contributed by atoms with Crippen LogP contribution in [0.25, 0.3) is 0 Å². The third-order valence-corrected chi connectivity index (χ3v) is 3.16. The molecule has 1 aromatic carbocycles. The maximum Gasteiger partial charge on any atom is 0.234 e. The van der Waals surface area contributed by atoms with Crippen LogP contribution in [0.4, 0.5) is 5.69 Å². The zero-order valence-corrected chi connectivity index (χ0v) is 11.5. The molecule has 1 aliphatic heterocycles. The number of hydrogen-bond acceptors (Lipinski definition) is 4. The Labute approximate surface area is 117 Å². The molecule has 0 aliphatic carbocycles. The number of benzene rings is 1. The summed E-state index contributed by atoms with van der Waals surface area (Å²) in [4.78, 5) is 25.6. The van der Waals surface area contributed by atoms with E-state index in [1.807, 2.05) is 19.9 Å². The van der Waals surface area contributed by atoms with Crippen LogP contribution in [0.3, 0.4) is 0 Å². The summed E-state index contributed by atoms with van der Waals surface area (Å²) in [5.74, 6) is -0.103. The number of rotatable bonds is 3. The molecule has 5 heteroatoms. The van der Waals surface area contributed by atoms with Gasteiger partial charge in [0.25, 0.3) is 0 Å². The van der Waals surface area contributed by atoms with Gasteiger partial charge in [0.1, 0.15) is 11.8 Å². The Morgan fingerprint density at radius 2 is 1.85 bits per heavy atom. The number of piperidine rings is 1. The molecule has 2 amide bonds. The Morgan fingerprint density at radius 3 is 2.45 bits per heavy atom. The average molecular weight is 272 g/mol. The van der Waals surface area contributed by atoms with Crippen LogP contribution in [0.2, 0.25) is 0 Å². The first kappa shape index (κ1) is 14.1. The minimum absolute atomic E-state index is 0.126. The van der Waals surface area contributed by atoms with Gasteiger partial charge in [-0.1, -0.05) is 26.0 Å². The van der Waals surface area contributed by atoms with Gasteiger partial charge in [-0.15, -0.1) is 0 Å². The molecule has 1 fully saturated rings. The summed E-state index contributed by atoms with van der Waals surface area (Å²) < 4.78 is 5.28. The van der Waals surface area contributed by atoms with Gasteiger partial charge in [-0.25, -0.2) is 4.90 Å². The molecule has 1 aliphatic rings. The van der Waals surface area contributed by atoms with E-state index in [1.165, 1.54) is 0 Å². The fraction of sp³-hybridized carbons (Fsp3) is 0.400. The van der Waals surface area contributed by atoms with E-state index >= 15 is 0 Å². The number of para-hydroxylation sites is 2. The fourth-order valence-corrected chi connectivity index (χ4v) is 2.32. The molecule has 1 aromatic rings. The normalized spacial score (nSPS) is 17.8. The molecule has 2 rings (SSSR count). The second-order valence-corrected chi connectivity index (χ2v) is 5.56. The molecule has 0 bridgehead atoms. The number of ether oxygens (including phenoxy) is 1.